The number of rotatable bonds is 7. The number of nitrogens with one attached hydrogen (secondary N) is 2. The SMILES string of the molecule is CC(C)C(CCO)NC(=O)CNC(=O)c1c(F)cccc1Cl. The summed E-state index contributed by atoms with van der Waals surface area (Å²) in [4.78, 5) is 23.7. The van der Waals surface area contributed by atoms with Gasteiger partial charge < -0.3 is 15.7 Å². The van der Waals surface area contributed by atoms with Crippen LogP contribution in [0, 0.1) is 11.7 Å². The largest absolute Gasteiger partial charge is 0.396 e. The summed E-state index contributed by atoms with van der Waals surface area (Å²) in [5.74, 6) is -1.76. The Balaban J connectivity index is 2.58. The molecule has 0 saturated carbocycles. The van der Waals surface area contributed by atoms with Crippen molar-refractivity contribution in [1.82, 2.24) is 10.6 Å². The molecule has 0 bridgehead atoms. The second-order valence-corrected chi connectivity index (χ2v) is 5.62. The van der Waals surface area contributed by atoms with Crippen LogP contribution in [0.25, 0.3) is 0 Å². The van der Waals surface area contributed by atoms with Gasteiger partial charge in [0.1, 0.15) is 5.82 Å². The second kappa shape index (κ2) is 8.70. The minimum atomic E-state index is -0.749. The average Bonchev–Trinajstić information content (AvgIpc) is 2.44. The molecule has 0 aromatic heterocycles. The third kappa shape index (κ3) is 5.27. The van der Waals surface area contributed by atoms with E-state index in [4.69, 9.17) is 16.7 Å². The smallest absolute Gasteiger partial charge is 0.256 e. The number of aliphatic hydroxyl groups excluding tert-OH is 1. The molecule has 0 aliphatic rings. The van der Waals surface area contributed by atoms with Crippen LogP contribution in [0.3, 0.4) is 0 Å². The third-order valence-corrected chi connectivity index (χ3v) is 3.51. The number of hydrogen-bond acceptors (Lipinski definition) is 3. The van der Waals surface area contributed by atoms with Gasteiger partial charge in [-0.2, -0.15) is 0 Å². The van der Waals surface area contributed by atoms with Crippen LogP contribution in [-0.2, 0) is 4.79 Å². The highest BCUT2D eigenvalue weighted by Gasteiger charge is 2.18. The fourth-order valence-electron chi connectivity index (χ4n) is 1.93. The van der Waals surface area contributed by atoms with Crippen molar-refractivity contribution in [2.24, 2.45) is 5.92 Å². The fourth-order valence-corrected chi connectivity index (χ4v) is 2.18. The number of hydrogen-bond donors (Lipinski definition) is 3. The molecule has 0 spiro atoms. The first-order valence-corrected chi connectivity index (χ1v) is 7.37. The average molecular weight is 331 g/mol. The summed E-state index contributed by atoms with van der Waals surface area (Å²) in [5.41, 5.74) is -0.285. The Bertz CT molecular complexity index is 517. The third-order valence-electron chi connectivity index (χ3n) is 3.19. The highest BCUT2D eigenvalue weighted by atomic mass is 35.5. The van der Waals surface area contributed by atoms with Gasteiger partial charge in [0.05, 0.1) is 17.1 Å². The molecule has 0 heterocycles. The zero-order valence-corrected chi connectivity index (χ0v) is 13.3. The first-order valence-electron chi connectivity index (χ1n) is 6.99. The van der Waals surface area contributed by atoms with Gasteiger partial charge in [0, 0.05) is 12.6 Å². The van der Waals surface area contributed by atoms with E-state index in [0.29, 0.717) is 6.42 Å². The van der Waals surface area contributed by atoms with Crippen LogP contribution in [0.4, 0.5) is 4.39 Å². The van der Waals surface area contributed by atoms with Gasteiger partial charge in [0.25, 0.3) is 5.91 Å². The van der Waals surface area contributed by atoms with Crippen molar-refractivity contribution in [1.29, 1.82) is 0 Å². The van der Waals surface area contributed by atoms with Gasteiger partial charge in [-0.3, -0.25) is 9.59 Å². The standard InChI is InChI=1S/C15H20ClFN2O3/c1-9(2)12(6-7-20)19-13(21)8-18-15(22)14-10(16)4-3-5-11(14)17/h3-5,9,12,20H,6-8H2,1-2H3,(H,18,22)(H,19,21). The first kappa shape index (κ1) is 18.4. The molecule has 0 fully saturated rings. The Morgan fingerprint density at radius 2 is 2.05 bits per heavy atom. The van der Waals surface area contributed by atoms with Crippen molar-refractivity contribution >= 4 is 23.4 Å². The van der Waals surface area contributed by atoms with Crippen molar-refractivity contribution in [3.63, 3.8) is 0 Å². The van der Waals surface area contributed by atoms with Crippen molar-refractivity contribution in [2.45, 2.75) is 26.3 Å². The predicted molar refractivity (Wildman–Crippen MR) is 82.2 cm³/mol. The van der Waals surface area contributed by atoms with E-state index in [1.807, 2.05) is 13.8 Å². The van der Waals surface area contributed by atoms with E-state index in [1.165, 1.54) is 12.1 Å². The molecule has 122 valence electrons. The van der Waals surface area contributed by atoms with Crippen LogP contribution in [-0.4, -0.2) is 36.1 Å². The molecule has 1 rings (SSSR count). The maximum Gasteiger partial charge on any atom is 0.256 e. The second-order valence-electron chi connectivity index (χ2n) is 5.21. The van der Waals surface area contributed by atoms with Crippen molar-refractivity contribution in [3.05, 3.63) is 34.6 Å². The number of halogens is 2. The molecule has 0 saturated heterocycles. The zero-order chi connectivity index (χ0) is 16.7. The molecule has 1 atom stereocenters. The van der Waals surface area contributed by atoms with Crippen LogP contribution in [0.1, 0.15) is 30.6 Å². The molecule has 1 aromatic carbocycles. The molecule has 0 aliphatic carbocycles. The van der Waals surface area contributed by atoms with Crippen LogP contribution in [0.5, 0.6) is 0 Å². The maximum absolute atomic E-state index is 13.6. The van der Waals surface area contributed by atoms with Gasteiger partial charge in [0.2, 0.25) is 5.91 Å². The summed E-state index contributed by atoms with van der Waals surface area (Å²) in [6.45, 7) is 3.50. The maximum atomic E-state index is 13.6. The van der Waals surface area contributed by atoms with Gasteiger partial charge in [-0.25, -0.2) is 4.39 Å². The van der Waals surface area contributed by atoms with Crippen molar-refractivity contribution in [2.75, 3.05) is 13.2 Å². The van der Waals surface area contributed by atoms with Crippen LogP contribution < -0.4 is 10.6 Å². The molecule has 2 amide bonds. The summed E-state index contributed by atoms with van der Waals surface area (Å²) in [7, 11) is 0. The molecular formula is C15H20ClFN2O3. The van der Waals surface area contributed by atoms with E-state index < -0.39 is 17.6 Å². The molecule has 22 heavy (non-hydrogen) atoms. The van der Waals surface area contributed by atoms with Crippen molar-refractivity contribution < 1.29 is 19.1 Å². The lowest BCUT2D eigenvalue weighted by Gasteiger charge is -2.21. The number of carbonyl (C=O) groups excluding carboxylic acids is 2. The number of carbonyl (C=O) groups is 2. The lowest BCUT2D eigenvalue weighted by Crippen LogP contribution is -2.44. The van der Waals surface area contributed by atoms with E-state index in [1.54, 1.807) is 0 Å². The van der Waals surface area contributed by atoms with E-state index >= 15 is 0 Å². The molecule has 3 N–H and O–H groups in total. The summed E-state index contributed by atoms with van der Waals surface area (Å²) in [5, 5.41) is 14.0. The summed E-state index contributed by atoms with van der Waals surface area (Å²) < 4.78 is 13.6. The summed E-state index contributed by atoms with van der Waals surface area (Å²) in [6.07, 6.45) is 0.427. The molecule has 1 unspecified atom stereocenters. The zero-order valence-electron chi connectivity index (χ0n) is 12.5. The minimum Gasteiger partial charge on any atom is -0.396 e. The lowest BCUT2D eigenvalue weighted by molar-refractivity contribution is -0.121. The van der Waals surface area contributed by atoms with Crippen LogP contribution in [0.15, 0.2) is 18.2 Å². The summed E-state index contributed by atoms with van der Waals surface area (Å²) in [6, 6.07) is 3.72. The predicted octanol–water partition coefficient (Wildman–Crippen LogP) is 1.73. The minimum absolute atomic E-state index is 0.0155. The number of aliphatic hydroxyl groups is 1. The van der Waals surface area contributed by atoms with Gasteiger partial charge in [0.15, 0.2) is 0 Å². The van der Waals surface area contributed by atoms with Crippen LogP contribution in [0.2, 0.25) is 5.02 Å². The Morgan fingerprint density at radius 3 is 2.59 bits per heavy atom. The molecular weight excluding hydrogens is 311 g/mol. The Kier molecular flexibility index (Phi) is 7.27. The number of amides is 2. The Morgan fingerprint density at radius 1 is 1.36 bits per heavy atom. The van der Waals surface area contributed by atoms with Gasteiger partial charge in [-0.1, -0.05) is 31.5 Å². The topological polar surface area (TPSA) is 78.4 Å². The monoisotopic (exact) mass is 330 g/mol. The summed E-state index contributed by atoms with van der Waals surface area (Å²) >= 11 is 5.78. The fraction of sp³-hybridized carbons (Fsp3) is 0.467. The van der Waals surface area contributed by atoms with Gasteiger partial charge in [-0.15, -0.1) is 0 Å². The Hall–Kier alpha value is -1.66. The normalized spacial score (nSPS) is 12.1. The van der Waals surface area contributed by atoms with E-state index in [2.05, 4.69) is 10.6 Å². The van der Waals surface area contributed by atoms with Gasteiger partial charge in [-0.05, 0) is 24.5 Å². The molecule has 7 heteroatoms. The highest BCUT2D eigenvalue weighted by Crippen LogP contribution is 2.18. The quantitative estimate of drug-likeness (QED) is 0.712. The molecule has 0 radical (unpaired) electrons. The molecule has 1 aromatic rings. The van der Waals surface area contributed by atoms with Gasteiger partial charge >= 0.3 is 0 Å². The van der Waals surface area contributed by atoms with E-state index in [-0.39, 0.29) is 35.7 Å². The van der Waals surface area contributed by atoms with E-state index in [0.717, 1.165) is 6.07 Å². The van der Waals surface area contributed by atoms with E-state index in [9.17, 15) is 14.0 Å². The lowest BCUT2D eigenvalue weighted by atomic mass is 10.0. The number of benzene rings is 1. The highest BCUT2D eigenvalue weighted by molar-refractivity contribution is 6.33. The Labute approximate surface area is 133 Å². The van der Waals surface area contributed by atoms with Crippen LogP contribution >= 0.6 is 11.6 Å². The molecule has 5 nitrogen and oxygen atoms in total. The first-order chi connectivity index (χ1) is 10.4. The van der Waals surface area contributed by atoms with Crippen molar-refractivity contribution in [3.8, 4) is 0 Å². The molecule has 0 aliphatic heterocycles.